The molecule has 0 saturated heterocycles. The van der Waals surface area contributed by atoms with Gasteiger partial charge in [-0.3, -0.25) is 0 Å². The lowest BCUT2D eigenvalue weighted by atomic mass is 9.98. The van der Waals surface area contributed by atoms with Gasteiger partial charge in [0.05, 0.1) is 17.2 Å². The summed E-state index contributed by atoms with van der Waals surface area (Å²) in [6.45, 7) is 4.30. The van der Waals surface area contributed by atoms with E-state index in [0.717, 1.165) is 23.1 Å². The van der Waals surface area contributed by atoms with Crippen molar-refractivity contribution in [1.29, 1.82) is 5.26 Å². The van der Waals surface area contributed by atoms with Gasteiger partial charge in [-0.15, -0.1) is 0 Å². The Bertz CT molecular complexity index is 428. The molecule has 1 saturated carbocycles. The molecule has 1 heterocycles. The van der Waals surface area contributed by atoms with Crippen LogP contribution in [0.3, 0.4) is 0 Å². The Morgan fingerprint density at radius 2 is 2.13 bits per heavy atom. The van der Waals surface area contributed by atoms with E-state index >= 15 is 0 Å². The molecule has 3 heteroatoms. The van der Waals surface area contributed by atoms with Crippen LogP contribution in [0, 0.1) is 11.3 Å². The Kier molecular flexibility index (Phi) is 2.56. The molecule has 0 atom stereocenters. The van der Waals surface area contributed by atoms with Crippen molar-refractivity contribution in [3.63, 3.8) is 0 Å². The molecular formula is C12H13BrN2. The third-order valence-electron chi connectivity index (χ3n) is 2.94. The summed E-state index contributed by atoms with van der Waals surface area (Å²) in [5, 5.41) is 9.13. The quantitative estimate of drug-likeness (QED) is 0.767. The molecule has 1 aromatic rings. The molecule has 0 aliphatic heterocycles. The number of aromatic nitrogens is 1. The highest BCUT2D eigenvalue weighted by Gasteiger charge is 2.46. The summed E-state index contributed by atoms with van der Waals surface area (Å²) in [7, 11) is 0. The lowest BCUT2D eigenvalue weighted by molar-refractivity contribution is 0.811. The van der Waals surface area contributed by atoms with Gasteiger partial charge < -0.3 is 0 Å². The molecule has 1 fully saturated rings. The Labute approximate surface area is 98.5 Å². The molecule has 1 aliphatic carbocycles. The van der Waals surface area contributed by atoms with E-state index in [1.54, 1.807) is 0 Å². The molecule has 1 aliphatic rings. The first-order valence-corrected chi connectivity index (χ1v) is 5.96. The Morgan fingerprint density at radius 3 is 2.60 bits per heavy atom. The van der Waals surface area contributed by atoms with Crippen LogP contribution in [0.1, 0.15) is 43.9 Å². The first-order valence-electron chi connectivity index (χ1n) is 5.16. The molecule has 2 rings (SSSR count). The smallest absolute Gasteiger partial charge is 0.106 e. The third kappa shape index (κ3) is 1.91. The summed E-state index contributed by atoms with van der Waals surface area (Å²) < 4.78 is 0.838. The van der Waals surface area contributed by atoms with Gasteiger partial charge in [0.1, 0.15) is 4.60 Å². The molecule has 78 valence electrons. The van der Waals surface area contributed by atoms with Crippen molar-refractivity contribution in [2.24, 2.45) is 0 Å². The van der Waals surface area contributed by atoms with Crippen molar-refractivity contribution >= 4 is 15.9 Å². The van der Waals surface area contributed by atoms with E-state index in [0.29, 0.717) is 5.92 Å². The number of rotatable bonds is 2. The number of hydrogen-bond acceptors (Lipinski definition) is 2. The zero-order chi connectivity index (χ0) is 11.1. The van der Waals surface area contributed by atoms with Gasteiger partial charge in [-0.2, -0.15) is 5.26 Å². The molecule has 0 radical (unpaired) electrons. The summed E-state index contributed by atoms with van der Waals surface area (Å²) in [5.41, 5.74) is 1.89. The second-order valence-corrected chi connectivity index (χ2v) is 5.27. The van der Waals surface area contributed by atoms with Gasteiger partial charge >= 0.3 is 0 Å². The predicted molar refractivity (Wildman–Crippen MR) is 62.6 cm³/mol. The topological polar surface area (TPSA) is 36.7 Å². The SMILES string of the molecule is CC(C)c1cc(Br)nc(C2(C#N)CC2)c1. The summed E-state index contributed by atoms with van der Waals surface area (Å²) in [6.07, 6.45) is 1.90. The standard InChI is InChI=1S/C12H13BrN2/c1-8(2)9-5-10(15-11(13)6-9)12(7-14)3-4-12/h5-6,8H,3-4H2,1-2H3. The van der Waals surface area contributed by atoms with Gasteiger partial charge in [-0.25, -0.2) is 4.98 Å². The molecule has 0 amide bonds. The van der Waals surface area contributed by atoms with Crippen LogP contribution in [0.4, 0.5) is 0 Å². The highest BCUT2D eigenvalue weighted by Crippen LogP contribution is 2.47. The summed E-state index contributed by atoms with van der Waals surface area (Å²) in [5.74, 6) is 0.470. The average molecular weight is 265 g/mol. The highest BCUT2D eigenvalue weighted by molar-refractivity contribution is 9.10. The fourth-order valence-corrected chi connectivity index (χ4v) is 2.10. The minimum atomic E-state index is -0.284. The van der Waals surface area contributed by atoms with Gasteiger partial charge in [0.25, 0.3) is 0 Å². The molecule has 1 aromatic heterocycles. The lowest BCUT2D eigenvalue weighted by Gasteiger charge is -2.11. The van der Waals surface area contributed by atoms with Crippen molar-refractivity contribution in [3.8, 4) is 6.07 Å². The number of nitriles is 1. The van der Waals surface area contributed by atoms with Crippen molar-refractivity contribution < 1.29 is 0 Å². The second kappa shape index (κ2) is 3.61. The second-order valence-electron chi connectivity index (χ2n) is 4.46. The van der Waals surface area contributed by atoms with Crippen LogP contribution < -0.4 is 0 Å². The number of nitrogens with zero attached hydrogens (tertiary/aromatic N) is 2. The van der Waals surface area contributed by atoms with Crippen LogP contribution in [-0.4, -0.2) is 4.98 Å². The largest absolute Gasteiger partial charge is 0.244 e. The zero-order valence-corrected chi connectivity index (χ0v) is 10.5. The van der Waals surface area contributed by atoms with Crippen LogP contribution in [0.25, 0.3) is 0 Å². The van der Waals surface area contributed by atoms with Crippen molar-refractivity contribution in [2.45, 2.75) is 38.0 Å². The fourth-order valence-electron chi connectivity index (χ4n) is 1.65. The summed E-state index contributed by atoms with van der Waals surface area (Å²) in [6, 6.07) is 6.48. The maximum Gasteiger partial charge on any atom is 0.106 e. The molecule has 0 bridgehead atoms. The van der Waals surface area contributed by atoms with E-state index < -0.39 is 0 Å². The van der Waals surface area contributed by atoms with E-state index in [2.05, 4.69) is 46.9 Å². The predicted octanol–water partition coefficient (Wildman–Crippen LogP) is 3.52. The average Bonchev–Trinajstić information content (AvgIpc) is 2.97. The van der Waals surface area contributed by atoms with Crippen molar-refractivity contribution in [1.82, 2.24) is 4.98 Å². The Hall–Kier alpha value is -0.880. The van der Waals surface area contributed by atoms with Gasteiger partial charge in [0.15, 0.2) is 0 Å². The Balaban J connectivity index is 2.46. The van der Waals surface area contributed by atoms with Gasteiger partial charge in [0, 0.05) is 0 Å². The number of pyridine rings is 1. The first kappa shape index (κ1) is 10.6. The third-order valence-corrected chi connectivity index (χ3v) is 3.34. The van der Waals surface area contributed by atoms with Crippen LogP contribution in [-0.2, 0) is 5.41 Å². The fraction of sp³-hybridized carbons (Fsp3) is 0.500. The first-order chi connectivity index (χ1) is 7.07. The van der Waals surface area contributed by atoms with Gasteiger partial charge in [0.2, 0.25) is 0 Å². The van der Waals surface area contributed by atoms with Crippen LogP contribution in [0.15, 0.2) is 16.7 Å². The zero-order valence-electron chi connectivity index (χ0n) is 8.92. The van der Waals surface area contributed by atoms with E-state index in [9.17, 15) is 0 Å². The minimum Gasteiger partial charge on any atom is -0.244 e. The van der Waals surface area contributed by atoms with E-state index in [-0.39, 0.29) is 5.41 Å². The maximum atomic E-state index is 9.13. The molecule has 2 nitrogen and oxygen atoms in total. The van der Waals surface area contributed by atoms with Crippen molar-refractivity contribution in [2.75, 3.05) is 0 Å². The van der Waals surface area contributed by atoms with E-state index in [1.165, 1.54) is 5.56 Å². The highest BCUT2D eigenvalue weighted by atomic mass is 79.9. The minimum absolute atomic E-state index is 0.284. The monoisotopic (exact) mass is 264 g/mol. The van der Waals surface area contributed by atoms with E-state index in [4.69, 9.17) is 5.26 Å². The Morgan fingerprint density at radius 1 is 1.47 bits per heavy atom. The number of halogens is 1. The molecular weight excluding hydrogens is 252 g/mol. The van der Waals surface area contributed by atoms with Crippen LogP contribution in [0.5, 0.6) is 0 Å². The molecule has 15 heavy (non-hydrogen) atoms. The maximum absolute atomic E-state index is 9.13. The number of hydrogen-bond donors (Lipinski definition) is 0. The van der Waals surface area contributed by atoms with E-state index in [1.807, 2.05) is 6.07 Å². The molecule has 0 aromatic carbocycles. The van der Waals surface area contributed by atoms with Crippen molar-refractivity contribution in [3.05, 3.63) is 28.0 Å². The lowest BCUT2D eigenvalue weighted by Crippen LogP contribution is -2.07. The molecule has 0 spiro atoms. The van der Waals surface area contributed by atoms with Gasteiger partial charge in [-0.1, -0.05) is 13.8 Å². The normalized spacial score (nSPS) is 17.5. The van der Waals surface area contributed by atoms with Crippen LogP contribution >= 0.6 is 15.9 Å². The summed E-state index contributed by atoms with van der Waals surface area (Å²) in [4.78, 5) is 4.42. The van der Waals surface area contributed by atoms with Crippen LogP contribution in [0.2, 0.25) is 0 Å². The van der Waals surface area contributed by atoms with Gasteiger partial charge in [-0.05, 0) is 52.4 Å². The molecule has 0 unspecified atom stereocenters. The summed E-state index contributed by atoms with van der Waals surface area (Å²) >= 11 is 3.41. The molecule has 0 N–H and O–H groups in total.